The third kappa shape index (κ3) is 7.04. The molecule has 4 rings (SSSR count). The van der Waals surface area contributed by atoms with E-state index >= 15 is 0 Å². The second-order valence-corrected chi connectivity index (χ2v) is 10.1. The molecule has 1 heterocycles. The van der Waals surface area contributed by atoms with Crippen LogP contribution in [0.3, 0.4) is 0 Å². The van der Waals surface area contributed by atoms with Gasteiger partial charge in [-0.1, -0.05) is 54.9 Å². The average molecular weight is 556 g/mol. The summed E-state index contributed by atoms with van der Waals surface area (Å²) in [5.41, 5.74) is 4.26. The first-order valence-corrected chi connectivity index (χ1v) is 13.3. The van der Waals surface area contributed by atoms with Gasteiger partial charge in [0.05, 0.1) is 27.2 Å². The smallest absolute Gasteiger partial charge is 0.448 e. The Labute approximate surface area is 249 Å². The summed E-state index contributed by atoms with van der Waals surface area (Å²) >= 11 is 5.91. The first-order chi connectivity index (χ1) is 17.8. The van der Waals surface area contributed by atoms with Crippen LogP contribution >= 0.6 is 11.6 Å². The molecule has 0 saturated carbocycles. The fourth-order valence-corrected chi connectivity index (χ4v) is 5.10. The second-order valence-electron chi connectivity index (χ2n) is 8.10. The van der Waals surface area contributed by atoms with Gasteiger partial charge in [-0.25, -0.2) is 13.4 Å². The van der Waals surface area contributed by atoms with Crippen molar-refractivity contribution in [3.63, 3.8) is 0 Å². The van der Waals surface area contributed by atoms with Gasteiger partial charge in [-0.3, -0.25) is 4.79 Å². The van der Waals surface area contributed by atoms with Crippen LogP contribution in [0.4, 0.5) is 4.79 Å². The molecule has 0 saturated heterocycles. The molecule has 0 atom stereocenters. The summed E-state index contributed by atoms with van der Waals surface area (Å²) in [4.78, 5) is 16.6. The van der Waals surface area contributed by atoms with Gasteiger partial charge in [0.15, 0.2) is 6.03 Å². The number of urea groups is 1. The minimum atomic E-state index is -4.19. The fraction of sp³-hybridized carbons (Fsp3) is 0.148. The third-order valence-electron chi connectivity index (χ3n) is 5.63. The monoisotopic (exact) mass is 555 g/mol. The molecule has 0 radical (unpaired) electrons. The number of carbonyl (C=O) groups excluding carboxylic acids is 1. The first kappa shape index (κ1) is 29.4. The minimum absolute atomic E-state index is 0. The van der Waals surface area contributed by atoms with Crippen LogP contribution in [0.25, 0.3) is 21.7 Å². The zero-order chi connectivity index (χ0) is 26.4. The standard InChI is InChI=1S/C27H24ClN5O3S.Na/c1-2-26-31-24(21-11-7-20(17-29)8-12-21)18-33(26)22-13-9-19(10-14-22)15-16-30-27(34)32-37(35,36)25-6-4-3-5-23(25)28;/h3-14,18H,2,15-16H2,1H3,(H2,30,32,34);/q;+1/p-1. The Balaban J connectivity index is 0.00000400. The van der Waals surface area contributed by atoms with Crippen molar-refractivity contribution in [3.05, 3.63) is 106 Å². The summed E-state index contributed by atoms with van der Waals surface area (Å²) in [5.74, 6) is 0.903. The van der Waals surface area contributed by atoms with Crippen molar-refractivity contribution in [2.24, 2.45) is 0 Å². The number of hydrogen-bond donors (Lipinski definition) is 1. The topological polar surface area (TPSA) is 119 Å². The van der Waals surface area contributed by atoms with Gasteiger partial charge in [0.25, 0.3) is 0 Å². The van der Waals surface area contributed by atoms with Crippen LogP contribution in [-0.4, -0.2) is 30.5 Å². The number of hydrogen-bond acceptors (Lipinski definition) is 5. The van der Waals surface area contributed by atoms with Crippen LogP contribution in [-0.2, 0) is 22.9 Å². The van der Waals surface area contributed by atoms with Crippen molar-refractivity contribution >= 4 is 27.7 Å². The molecule has 0 aliphatic heterocycles. The molecular formula is C27H23ClN5NaO3S. The van der Waals surface area contributed by atoms with Gasteiger partial charge in [0, 0.05) is 23.9 Å². The van der Waals surface area contributed by atoms with Crippen molar-refractivity contribution in [3.8, 4) is 23.0 Å². The molecule has 4 aromatic rings. The van der Waals surface area contributed by atoms with Crippen LogP contribution in [0.15, 0.2) is 83.9 Å². The maximum absolute atomic E-state index is 12.3. The molecule has 3 aromatic carbocycles. The van der Waals surface area contributed by atoms with Gasteiger partial charge in [0.1, 0.15) is 5.82 Å². The number of carbonyl (C=O) groups is 1. The van der Waals surface area contributed by atoms with E-state index in [1.54, 1.807) is 18.2 Å². The number of halogens is 1. The van der Waals surface area contributed by atoms with E-state index in [4.69, 9.17) is 21.8 Å². The number of nitriles is 1. The van der Waals surface area contributed by atoms with Crippen molar-refractivity contribution in [1.82, 2.24) is 14.9 Å². The molecule has 8 nitrogen and oxygen atoms in total. The Hall–Kier alpha value is -3.13. The van der Waals surface area contributed by atoms with Gasteiger partial charge < -0.3 is 14.6 Å². The second kappa shape index (κ2) is 13.1. The van der Waals surface area contributed by atoms with Gasteiger partial charge in [0.2, 0.25) is 10.0 Å². The molecule has 0 spiro atoms. The maximum atomic E-state index is 12.3. The summed E-state index contributed by atoms with van der Waals surface area (Å²) in [7, 11) is -4.19. The minimum Gasteiger partial charge on any atom is -0.448 e. The van der Waals surface area contributed by atoms with Crippen molar-refractivity contribution in [2.75, 3.05) is 6.54 Å². The molecule has 0 fully saturated rings. The van der Waals surface area contributed by atoms with E-state index in [1.165, 1.54) is 18.2 Å². The van der Waals surface area contributed by atoms with E-state index in [9.17, 15) is 13.2 Å². The Morgan fingerprint density at radius 1 is 1.08 bits per heavy atom. The van der Waals surface area contributed by atoms with Crippen LogP contribution in [0.2, 0.25) is 5.02 Å². The van der Waals surface area contributed by atoms with E-state index in [0.717, 1.165) is 34.8 Å². The van der Waals surface area contributed by atoms with Crippen molar-refractivity contribution < 1.29 is 42.8 Å². The van der Waals surface area contributed by atoms with E-state index < -0.39 is 16.1 Å². The number of imidazole rings is 1. The molecule has 1 N–H and O–H groups in total. The van der Waals surface area contributed by atoms with E-state index in [-0.39, 0.29) is 46.0 Å². The molecule has 2 amide bonds. The quantitative estimate of drug-likeness (QED) is 0.335. The maximum Gasteiger partial charge on any atom is 1.00 e. The Bertz CT molecular complexity index is 1560. The number of sulfonamides is 1. The average Bonchev–Trinajstić information content (AvgIpc) is 3.33. The van der Waals surface area contributed by atoms with Crippen molar-refractivity contribution in [1.29, 1.82) is 5.26 Å². The number of aryl methyl sites for hydroxylation is 1. The zero-order valence-electron chi connectivity index (χ0n) is 20.9. The third-order valence-corrected chi connectivity index (χ3v) is 7.39. The fourth-order valence-electron chi connectivity index (χ4n) is 3.73. The normalized spacial score (nSPS) is 10.8. The number of amides is 2. The summed E-state index contributed by atoms with van der Waals surface area (Å²) in [5, 5.41) is 11.5. The first-order valence-electron chi connectivity index (χ1n) is 11.5. The molecule has 1 aromatic heterocycles. The predicted molar refractivity (Wildman–Crippen MR) is 142 cm³/mol. The number of benzene rings is 3. The van der Waals surface area contributed by atoms with Crippen LogP contribution < -0.4 is 34.9 Å². The number of nitrogens with zero attached hydrogens (tertiary/aromatic N) is 4. The van der Waals surface area contributed by atoms with Crippen LogP contribution in [0.1, 0.15) is 23.9 Å². The molecule has 0 aliphatic carbocycles. The van der Waals surface area contributed by atoms with Gasteiger partial charge >= 0.3 is 29.6 Å². The van der Waals surface area contributed by atoms with Crippen LogP contribution in [0.5, 0.6) is 0 Å². The summed E-state index contributed by atoms with van der Waals surface area (Å²) < 4.78 is 29.9. The van der Waals surface area contributed by atoms with Gasteiger partial charge in [-0.2, -0.15) is 5.26 Å². The molecule has 38 heavy (non-hydrogen) atoms. The molecular weight excluding hydrogens is 533 g/mol. The molecule has 188 valence electrons. The summed E-state index contributed by atoms with van der Waals surface area (Å²) in [6, 6.07) is 22.1. The van der Waals surface area contributed by atoms with E-state index in [1.807, 2.05) is 54.1 Å². The van der Waals surface area contributed by atoms with Crippen molar-refractivity contribution in [2.45, 2.75) is 24.7 Å². The van der Waals surface area contributed by atoms with Gasteiger partial charge in [-0.15, -0.1) is 0 Å². The predicted octanol–water partition coefficient (Wildman–Crippen LogP) is 2.65. The zero-order valence-corrected chi connectivity index (χ0v) is 24.5. The number of rotatable bonds is 8. The number of aromatic nitrogens is 2. The molecule has 0 bridgehead atoms. The largest absolute Gasteiger partial charge is 1.00 e. The molecule has 11 heteroatoms. The van der Waals surface area contributed by atoms with Gasteiger partial charge in [-0.05, 0) is 54.9 Å². The Morgan fingerprint density at radius 3 is 2.39 bits per heavy atom. The Morgan fingerprint density at radius 2 is 1.76 bits per heavy atom. The Kier molecular flexibility index (Phi) is 10.1. The summed E-state index contributed by atoms with van der Waals surface area (Å²) in [6.45, 7) is 2.25. The van der Waals surface area contributed by atoms with E-state index in [0.29, 0.717) is 12.0 Å². The SMILES string of the molecule is CCc1nc(-c2ccc(C#N)cc2)cn1-c1ccc(CCNC(=O)[N-]S(=O)(=O)c2ccccc2Cl)cc1.[Na+]. The molecule has 0 aliphatic rings. The number of nitrogens with one attached hydrogen (secondary N) is 1. The molecule has 0 unspecified atom stereocenters. The van der Waals surface area contributed by atoms with Crippen LogP contribution in [0, 0.1) is 11.3 Å². The van der Waals surface area contributed by atoms with E-state index in [2.05, 4.69) is 16.1 Å². The summed E-state index contributed by atoms with van der Waals surface area (Å²) in [6.07, 6.45) is 3.20.